The molecular formula is C17H12BrN3O3. The van der Waals surface area contributed by atoms with Crippen LogP contribution >= 0.6 is 15.9 Å². The number of hydrazone groups is 1. The van der Waals surface area contributed by atoms with Crippen molar-refractivity contribution in [3.63, 3.8) is 0 Å². The van der Waals surface area contributed by atoms with Gasteiger partial charge >= 0.3 is 5.97 Å². The van der Waals surface area contributed by atoms with Gasteiger partial charge in [0.15, 0.2) is 0 Å². The van der Waals surface area contributed by atoms with E-state index in [2.05, 4.69) is 31.4 Å². The summed E-state index contributed by atoms with van der Waals surface area (Å²) in [5.74, 6) is -0.521. The normalized spacial score (nSPS) is 11.0. The maximum absolute atomic E-state index is 10.8. The number of halogens is 1. The van der Waals surface area contributed by atoms with Gasteiger partial charge in [0.1, 0.15) is 11.6 Å². The van der Waals surface area contributed by atoms with Crippen LogP contribution in [0.4, 0.5) is 5.82 Å². The predicted molar refractivity (Wildman–Crippen MR) is 95.7 cm³/mol. The summed E-state index contributed by atoms with van der Waals surface area (Å²) >= 11 is 3.42. The second-order valence-electron chi connectivity index (χ2n) is 4.97. The molecule has 3 rings (SSSR count). The first-order chi connectivity index (χ1) is 11.5. The third kappa shape index (κ3) is 3.36. The molecule has 1 aromatic heterocycles. The molecule has 0 atom stereocenters. The molecule has 120 valence electrons. The fraction of sp³-hybridized carbons (Fsp3) is 0. The van der Waals surface area contributed by atoms with Gasteiger partial charge in [0, 0.05) is 16.2 Å². The highest BCUT2D eigenvalue weighted by Crippen LogP contribution is 2.28. The summed E-state index contributed by atoms with van der Waals surface area (Å²) < 4.78 is 0.949. The molecule has 3 aromatic rings. The Hall–Kier alpha value is -2.93. The number of hydrogen-bond acceptors (Lipinski definition) is 5. The van der Waals surface area contributed by atoms with Crippen molar-refractivity contribution in [2.75, 3.05) is 5.43 Å². The second-order valence-corrected chi connectivity index (χ2v) is 5.89. The summed E-state index contributed by atoms with van der Waals surface area (Å²) in [7, 11) is 0. The van der Waals surface area contributed by atoms with Crippen LogP contribution in [0.15, 0.2) is 58.2 Å². The topological polar surface area (TPSA) is 94.8 Å². The van der Waals surface area contributed by atoms with E-state index in [4.69, 9.17) is 5.11 Å². The summed E-state index contributed by atoms with van der Waals surface area (Å²) in [6, 6.07) is 12.1. The molecule has 24 heavy (non-hydrogen) atoms. The molecular weight excluding hydrogens is 374 g/mol. The summed E-state index contributed by atoms with van der Waals surface area (Å²) in [6.07, 6.45) is 2.74. The van der Waals surface area contributed by atoms with E-state index in [1.54, 1.807) is 6.07 Å². The fourth-order valence-electron chi connectivity index (χ4n) is 2.20. The van der Waals surface area contributed by atoms with Gasteiger partial charge in [-0.2, -0.15) is 5.10 Å². The van der Waals surface area contributed by atoms with E-state index in [1.807, 2.05) is 24.3 Å². The summed E-state index contributed by atoms with van der Waals surface area (Å²) in [5, 5.41) is 24.8. The Balaban J connectivity index is 1.85. The molecule has 0 unspecified atom stereocenters. The summed E-state index contributed by atoms with van der Waals surface area (Å²) in [4.78, 5) is 14.7. The molecule has 0 radical (unpaired) electrons. The van der Waals surface area contributed by atoms with Crippen LogP contribution in [0, 0.1) is 0 Å². The van der Waals surface area contributed by atoms with E-state index in [0.29, 0.717) is 11.4 Å². The molecule has 2 aromatic carbocycles. The molecule has 0 fully saturated rings. The van der Waals surface area contributed by atoms with Crippen LogP contribution in [0.5, 0.6) is 5.75 Å². The van der Waals surface area contributed by atoms with Crippen LogP contribution in [0.3, 0.4) is 0 Å². The zero-order valence-corrected chi connectivity index (χ0v) is 13.9. The van der Waals surface area contributed by atoms with Crippen molar-refractivity contribution in [1.82, 2.24) is 4.98 Å². The van der Waals surface area contributed by atoms with E-state index in [9.17, 15) is 9.90 Å². The van der Waals surface area contributed by atoms with Crippen LogP contribution in [-0.2, 0) is 0 Å². The van der Waals surface area contributed by atoms with Gasteiger partial charge in [-0.25, -0.2) is 9.78 Å². The lowest BCUT2D eigenvalue weighted by molar-refractivity contribution is 0.0696. The van der Waals surface area contributed by atoms with Gasteiger partial charge in [0.05, 0.1) is 11.8 Å². The van der Waals surface area contributed by atoms with Crippen LogP contribution in [0.1, 0.15) is 15.9 Å². The number of fused-ring (bicyclic) bond motifs is 1. The number of rotatable bonds is 4. The molecule has 0 aliphatic carbocycles. The summed E-state index contributed by atoms with van der Waals surface area (Å²) in [6.45, 7) is 0. The highest BCUT2D eigenvalue weighted by Gasteiger charge is 2.06. The van der Waals surface area contributed by atoms with E-state index in [-0.39, 0.29) is 11.3 Å². The van der Waals surface area contributed by atoms with Crippen molar-refractivity contribution in [2.24, 2.45) is 5.10 Å². The maximum Gasteiger partial charge on any atom is 0.337 e. The SMILES string of the molecule is O=C(O)c1ccc(N/N=C/c2c(O)ccc3cc(Br)ccc23)nc1. The van der Waals surface area contributed by atoms with Gasteiger partial charge in [-0.05, 0) is 41.1 Å². The number of carboxylic acids is 1. The minimum atomic E-state index is -1.04. The molecule has 0 aliphatic rings. The number of carbonyl (C=O) groups is 1. The number of nitrogens with one attached hydrogen (secondary N) is 1. The van der Waals surface area contributed by atoms with Gasteiger partial charge in [0.2, 0.25) is 0 Å². The lowest BCUT2D eigenvalue weighted by Crippen LogP contribution is -1.99. The minimum Gasteiger partial charge on any atom is -0.507 e. The number of phenolic OH excluding ortho intramolecular Hbond substituents is 1. The number of anilines is 1. The average molecular weight is 386 g/mol. The molecule has 0 amide bonds. The van der Waals surface area contributed by atoms with E-state index >= 15 is 0 Å². The van der Waals surface area contributed by atoms with E-state index < -0.39 is 5.97 Å². The zero-order valence-electron chi connectivity index (χ0n) is 12.3. The largest absolute Gasteiger partial charge is 0.507 e. The lowest BCUT2D eigenvalue weighted by atomic mass is 10.0. The van der Waals surface area contributed by atoms with Gasteiger partial charge in [0.25, 0.3) is 0 Å². The third-order valence-electron chi connectivity index (χ3n) is 3.38. The number of aromatic nitrogens is 1. The molecule has 3 N–H and O–H groups in total. The Morgan fingerprint density at radius 3 is 2.75 bits per heavy atom. The molecule has 6 nitrogen and oxygen atoms in total. The number of benzene rings is 2. The first-order valence-corrected chi connectivity index (χ1v) is 7.73. The number of pyridine rings is 1. The van der Waals surface area contributed by atoms with Crippen molar-refractivity contribution in [2.45, 2.75) is 0 Å². The standard InChI is InChI=1S/C17H12BrN3O3/c18-12-3-4-13-10(7-12)1-5-15(22)14(13)9-20-21-16-6-2-11(8-19-16)17(23)24/h1-9,22H,(H,19,21)(H,23,24)/b20-9+. The van der Waals surface area contributed by atoms with Crippen molar-refractivity contribution >= 4 is 44.7 Å². The smallest absolute Gasteiger partial charge is 0.337 e. The first-order valence-electron chi connectivity index (χ1n) is 6.94. The van der Waals surface area contributed by atoms with Crippen molar-refractivity contribution in [1.29, 1.82) is 0 Å². The van der Waals surface area contributed by atoms with Crippen molar-refractivity contribution in [3.8, 4) is 5.75 Å². The molecule has 0 aliphatic heterocycles. The van der Waals surface area contributed by atoms with Crippen LogP contribution in [0.2, 0.25) is 0 Å². The van der Waals surface area contributed by atoms with Crippen LogP contribution < -0.4 is 5.43 Å². The van der Waals surface area contributed by atoms with Crippen molar-refractivity contribution < 1.29 is 15.0 Å². The van der Waals surface area contributed by atoms with Gasteiger partial charge in [-0.3, -0.25) is 5.43 Å². The van der Waals surface area contributed by atoms with Crippen molar-refractivity contribution in [3.05, 3.63) is 64.3 Å². The molecule has 1 heterocycles. The monoisotopic (exact) mass is 385 g/mol. The van der Waals surface area contributed by atoms with Gasteiger partial charge in [-0.1, -0.05) is 28.1 Å². The van der Waals surface area contributed by atoms with Gasteiger partial charge < -0.3 is 10.2 Å². The van der Waals surface area contributed by atoms with Gasteiger partial charge in [-0.15, -0.1) is 0 Å². The Morgan fingerprint density at radius 1 is 1.21 bits per heavy atom. The third-order valence-corrected chi connectivity index (χ3v) is 3.88. The first kappa shape index (κ1) is 15.9. The number of nitrogens with zero attached hydrogens (tertiary/aromatic N) is 2. The lowest BCUT2D eigenvalue weighted by Gasteiger charge is -2.06. The highest BCUT2D eigenvalue weighted by molar-refractivity contribution is 9.10. The fourth-order valence-corrected chi connectivity index (χ4v) is 2.58. The van der Waals surface area contributed by atoms with Crippen LogP contribution in [0.25, 0.3) is 10.8 Å². The van der Waals surface area contributed by atoms with E-state index in [0.717, 1.165) is 15.2 Å². The number of phenols is 1. The minimum absolute atomic E-state index is 0.0989. The van der Waals surface area contributed by atoms with E-state index in [1.165, 1.54) is 24.5 Å². The number of aromatic hydroxyl groups is 1. The molecule has 0 saturated heterocycles. The number of carboxylic acid groups (broad SMARTS) is 1. The Labute approximate surface area is 145 Å². The Bertz CT molecular complexity index is 940. The summed E-state index contributed by atoms with van der Waals surface area (Å²) in [5.41, 5.74) is 3.38. The average Bonchev–Trinajstić information content (AvgIpc) is 2.57. The quantitative estimate of drug-likeness (QED) is 0.468. The second kappa shape index (κ2) is 6.67. The molecule has 0 spiro atoms. The zero-order chi connectivity index (χ0) is 17.1. The highest BCUT2D eigenvalue weighted by atomic mass is 79.9. The number of hydrogen-bond donors (Lipinski definition) is 3. The maximum atomic E-state index is 10.8. The Kier molecular flexibility index (Phi) is 4.43. The number of aromatic carboxylic acids is 1. The molecule has 0 bridgehead atoms. The molecule has 7 heteroatoms. The predicted octanol–water partition coefficient (Wildman–Crippen LogP) is 3.85. The van der Waals surface area contributed by atoms with Crippen LogP contribution in [-0.4, -0.2) is 27.4 Å². The molecule has 0 saturated carbocycles. The Morgan fingerprint density at radius 2 is 2.04 bits per heavy atom.